The minimum atomic E-state index is 0.493. The highest BCUT2D eigenvalue weighted by atomic mass is 35.5. The first-order chi connectivity index (χ1) is 9.19. The fraction of sp³-hybridized carbons (Fsp3) is 0.231. The van der Waals surface area contributed by atoms with E-state index >= 15 is 0 Å². The molecule has 1 aromatic carbocycles. The van der Waals surface area contributed by atoms with Gasteiger partial charge in [0.1, 0.15) is 24.2 Å². The second-order valence-electron chi connectivity index (χ2n) is 3.84. The van der Waals surface area contributed by atoms with E-state index in [9.17, 15) is 0 Å². The third-order valence-corrected chi connectivity index (χ3v) is 3.04. The molecule has 2 aromatic rings. The lowest BCUT2D eigenvalue weighted by Gasteiger charge is -2.11. The van der Waals surface area contributed by atoms with Crippen molar-refractivity contribution in [3.8, 4) is 5.75 Å². The first-order valence-electron chi connectivity index (χ1n) is 5.79. The van der Waals surface area contributed by atoms with Gasteiger partial charge in [0.2, 0.25) is 0 Å². The van der Waals surface area contributed by atoms with Crippen molar-refractivity contribution < 1.29 is 4.74 Å². The molecule has 0 saturated heterocycles. The topological polar surface area (TPSA) is 39.9 Å². The Bertz CT molecular complexity index is 567. The van der Waals surface area contributed by atoms with Crippen molar-refractivity contribution in [1.29, 1.82) is 0 Å². The predicted octanol–water partition coefficient (Wildman–Crippen LogP) is 3.96. The van der Waals surface area contributed by atoms with Crippen molar-refractivity contribution in [2.75, 3.05) is 0 Å². The summed E-state index contributed by atoms with van der Waals surface area (Å²) in [6, 6.07) is 5.15. The van der Waals surface area contributed by atoms with Crippen LogP contribution >= 0.6 is 23.2 Å². The molecule has 4 nitrogen and oxygen atoms in total. The fourth-order valence-corrected chi connectivity index (χ4v) is 1.97. The van der Waals surface area contributed by atoms with Gasteiger partial charge < -0.3 is 4.74 Å². The van der Waals surface area contributed by atoms with Gasteiger partial charge in [0, 0.05) is 18.0 Å². The van der Waals surface area contributed by atoms with Crippen molar-refractivity contribution in [1.82, 2.24) is 14.8 Å². The Balaban J connectivity index is 1.99. The lowest BCUT2D eigenvalue weighted by Crippen LogP contribution is -2.03. The summed E-state index contributed by atoms with van der Waals surface area (Å²) in [5.74, 6) is 1.41. The molecule has 0 bridgehead atoms. The number of nitrogens with zero attached hydrogens (tertiary/aromatic N) is 3. The third-order valence-electron chi connectivity index (χ3n) is 2.51. The Morgan fingerprint density at radius 3 is 2.89 bits per heavy atom. The van der Waals surface area contributed by atoms with Gasteiger partial charge in [-0.2, -0.15) is 5.10 Å². The van der Waals surface area contributed by atoms with Crippen LogP contribution in [0.15, 0.2) is 42.7 Å². The lowest BCUT2D eigenvalue weighted by molar-refractivity contribution is 0.387. The molecule has 1 heterocycles. The minimum absolute atomic E-state index is 0.493. The molecule has 2 rings (SSSR count). The quantitative estimate of drug-likeness (QED) is 0.784. The van der Waals surface area contributed by atoms with Crippen LogP contribution in [0.1, 0.15) is 13.3 Å². The summed E-state index contributed by atoms with van der Waals surface area (Å²) in [4.78, 5) is 3.89. The number of rotatable bonds is 5. The van der Waals surface area contributed by atoms with Crippen molar-refractivity contribution >= 4 is 23.2 Å². The monoisotopic (exact) mass is 297 g/mol. The van der Waals surface area contributed by atoms with Crippen molar-refractivity contribution in [2.45, 2.75) is 19.9 Å². The molecule has 0 fully saturated rings. The van der Waals surface area contributed by atoms with Gasteiger partial charge in [-0.05, 0) is 31.2 Å². The van der Waals surface area contributed by atoms with E-state index in [2.05, 4.69) is 10.1 Å². The zero-order valence-electron chi connectivity index (χ0n) is 10.4. The van der Waals surface area contributed by atoms with E-state index in [1.165, 1.54) is 6.33 Å². The van der Waals surface area contributed by atoms with Crippen LogP contribution in [0.25, 0.3) is 0 Å². The van der Waals surface area contributed by atoms with Crippen molar-refractivity contribution in [2.24, 2.45) is 0 Å². The molecular weight excluding hydrogens is 285 g/mol. The van der Waals surface area contributed by atoms with Crippen LogP contribution in [0.5, 0.6) is 5.75 Å². The number of hydrogen-bond acceptors (Lipinski definition) is 3. The Hall–Kier alpha value is -1.52. The van der Waals surface area contributed by atoms with Crippen LogP contribution in [0.4, 0.5) is 0 Å². The van der Waals surface area contributed by atoms with E-state index in [0.717, 1.165) is 5.76 Å². The number of aromatic nitrogens is 3. The van der Waals surface area contributed by atoms with E-state index < -0.39 is 0 Å². The SMILES string of the molecule is CC=C(CCn1cncn1)Oc1ccc(Cl)cc1Cl. The highest BCUT2D eigenvalue weighted by molar-refractivity contribution is 6.35. The largest absolute Gasteiger partial charge is 0.460 e. The Morgan fingerprint density at radius 2 is 2.26 bits per heavy atom. The number of hydrogen-bond donors (Lipinski definition) is 0. The average Bonchev–Trinajstić information content (AvgIpc) is 2.90. The first kappa shape index (κ1) is 13.9. The van der Waals surface area contributed by atoms with Crippen molar-refractivity contribution in [3.05, 3.63) is 52.7 Å². The van der Waals surface area contributed by atoms with Gasteiger partial charge in [0.15, 0.2) is 0 Å². The molecule has 0 aliphatic carbocycles. The summed E-state index contributed by atoms with van der Waals surface area (Å²) in [6.45, 7) is 2.62. The first-order valence-corrected chi connectivity index (χ1v) is 6.55. The van der Waals surface area contributed by atoms with Gasteiger partial charge in [0.25, 0.3) is 0 Å². The maximum Gasteiger partial charge on any atom is 0.145 e. The summed E-state index contributed by atoms with van der Waals surface area (Å²) in [5, 5.41) is 5.12. The fourth-order valence-electron chi connectivity index (χ4n) is 1.53. The number of halogens is 2. The lowest BCUT2D eigenvalue weighted by atomic mass is 10.3. The molecule has 100 valence electrons. The molecule has 0 radical (unpaired) electrons. The molecule has 0 aliphatic heterocycles. The second-order valence-corrected chi connectivity index (χ2v) is 4.68. The summed E-state index contributed by atoms with van der Waals surface area (Å²) >= 11 is 11.9. The molecule has 0 amide bonds. The molecule has 0 unspecified atom stereocenters. The molecule has 0 N–H and O–H groups in total. The molecule has 0 saturated carbocycles. The van der Waals surface area contributed by atoms with Crippen LogP contribution in [0.2, 0.25) is 10.0 Å². The van der Waals surface area contributed by atoms with Crippen LogP contribution in [-0.2, 0) is 6.54 Å². The molecular formula is C13H13Cl2N3O. The van der Waals surface area contributed by atoms with Crippen molar-refractivity contribution in [3.63, 3.8) is 0 Å². The smallest absolute Gasteiger partial charge is 0.145 e. The molecule has 0 aliphatic rings. The Labute approximate surface area is 121 Å². The molecule has 0 spiro atoms. The maximum absolute atomic E-state index is 6.07. The van der Waals surface area contributed by atoms with E-state index in [1.54, 1.807) is 29.2 Å². The zero-order valence-corrected chi connectivity index (χ0v) is 11.9. The van der Waals surface area contributed by atoms with Crippen LogP contribution in [0.3, 0.4) is 0 Å². The second kappa shape index (κ2) is 6.59. The van der Waals surface area contributed by atoms with E-state index in [4.69, 9.17) is 27.9 Å². The van der Waals surface area contributed by atoms with E-state index in [0.29, 0.717) is 28.8 Å². The standard InChI is InChI=1S/C13H13Cl2N3O/c1-2-11(5-6-18-9-16-8-17-18)19-13-4-3-10(14)7-12(13)15/h2-4,7-9H,5-6H2,1H3. The van der Waals surface area contributed by atoms with Crippen LogP contribution in [0, 0.1) is 0 Å². The molecule has 6 heteroatoms. The van der Waals surface area contributed by atoms with Gasteiger partial charge >= 0.3 is 0 Å². The van der Waals surface area contributed by atoms with Gasteiger partial charge in [-0.15, -0.1) is 0 Å². The number of allylic oxidation sites excluding steroid dienone is 2. The van der Waals surface area contributed by atoms with Crippen LogP contribution in [-0.4, -0.2) is 14.8 Å². The summed E-state index contributed by atoms with van der Waals surface area (Å²) in [5.41, 5.74) is 0. The normalized spacial score (nSPS) is 11.6. The molecule has 1 aromatic heterocycles. The highest BCUT2D eigenvalue weighted by Gasteiger charge is 2.06. The summed E-state index contributed by atoms with van der Waals surface area (Å²) in [7, 11) is 0. The third kappa shape index (κ3) is 3.98. The number of ether oxygens (including phenoxy) is 1. The summed E-state index contributed by atoms with van der Waals surface area (Å²) in [6.07, 6.45) is 5.79. The van der Waals surface area contributed by atoms with Gasteiger partial charge in [-0.1, -0.05) is 23.2 Å². The predicted molar refractivity (Wildman–Crippen MR) is 75.5 cm³/mol. The summed E-state index contributed by atoms with van der Waals surface area (Å²) < 4.78 is 7.50. The highest BCUT2D eigenvalue weighted by Crippen LogP contribution is 2.29. The number of aryl methyl sites for hydroxylation is 1. The van der Waals surface area contributed by atoms with E-state index in [1.807, 2.05) is 13.0 Å². The number of benzene rings is 1. The minimum Gasteiger partial charge on any atom is -0.460 e. The average molecular weight is 298 g/mol. The molecule has 0 atom stereocenters. The Kier molecular flexibility index (Phi) is 4.82. The van der Waals surface area contributed by atoms with Gasteiger partial charge in [-0.25, -0.2) is 4.98 Å². The van der Waals surface area contributed by atoms with Crippen LogP contribution < -0.4 is 4.74 Å². The van der Waals surface area contributed by atoms with Gasteiger partial charge in [0.05, 0.1) is 5.02 Å². The van der Waals surface area contributed by atoms with Gasteiger partial charge in [-0.3, -0.25) is 4.68 Å². The Morgan fingerprint density at radius 1 is 1.42 bits per heavy atom. The van der Waals surface area contributed by atoms with E-state index in [-0.39, 0.29) is 0 Å². The molecule has 19 heavy (non-hydrogen) atoms. The zero-order chi connectivity index (χ0) is 13.7. The maximum atomic E-state index is 6.07.